The van der Waals surface area contributed by atoms with Gasteiger partial charge in [-0.1, -0.05) is 24.3 Å². The van der Waals surface area contributed by atoms with E-state index in [0.717, 1.165) is 28.9 Å². The fraction of sp³-hybridized carbons (Fsp3) is 0.619. The van der Waals surface area contributed by atoms with Crippen LogP contribution < -0.4 is 4.72 Å². The van der Waals surface area contributed by atoms with Gasteiger partial charge in [-0.2, -0.15) is 0 Å². The van der Waals surface area contributed by atoms with E-state index >= 15 is 0 Å². The Balaban J connectivity index is 1.56. The predicted octanol–water partition coefficient (Wildman–Crippen LogP) is 2.40. The number of aryl methyl sites for hydroxylation is 1. The summed E-state index contributed by atoms with van der Waals surface area (Å²) in [4.78, 5) is 28.7. The van der Waals surface area contributed by atoms with Gasteiger partial charge in [0.1, 0.15) is 0 Å². The highest BCUT2D eigenvalue weighted by Gasteiger charge is 2.51. The molecule has 3 unspecified atom stereocenters. The largest absolute Gasteiger partial charge is 0.327 e. The molecule has 3 amide bonds. The van der Waals surface area contributed by atoms with E-state index in [1.54, 1.807) is 4.90 Å². The van der Waals surface area contributed by atoms with Crippen LogP contribution in [0.1, 0.15) is 50.2 Å². The highest BCUT2D eigenvalue weighted by molar-refractivity contribution is 7.90. The van der Waals surface area contributed by atoms with Crippen LogP contribution in [-0.4, -0.2) is 54.0 Å². The number of nitrogens with zero attached hydrogens (tertiary/aromatic N) is 2. The zero-order chi connectivity index (χ0) is 21.0. The van der Waals surface area contributed by atoms with Crippen molar-refractivity contribution in [2.45, 2.75) is 69.3 Å². The van der Waals surface area contributed by atoms with Crippen molar-refractivity contribution in [2.24, 2.45) is 5.92 Å². The van der Waals surface area contributed by atoms with E-state index in [0.29, 0.717) is 19.4 Å². The molecule has 0 bridgehead atoms. The summed E-state index contributed by atoms with van der Waals surface area (Å²) in [5, 5.41) is -0.591. The third-order valence-electron chi connectivity index (χ3n) is 6.78. The highest BCUT2D eigenvalue weighted by Crippen LogP contribution is 2.40. The first-order valence-corrected chi connectivity index (χ1v) is 11.8. The van der Waals surface area contributed by atoms with Crippen LogP contribution in [0.4, 0.5) is 4.79 Å². The molecule has 0 aromatic heterocycles. The first-order chi connectivity index (χ1) is 13.6. The van der Waals surface area contributed by atoms with E-state index in [-0.39, 0.29) is 29.9 Å². The minimum absolute atomic E-state index is 0.256. The number of rotatable bonds is 5. The van der Waals surface area contributed by atoms with E-state index in [1.165, 1.54) is 7.05 Å². The number of hydrogen-bond acceptors (Lipinski definition) is 4. The van der Waals surface area contributed by atoms with Crippen LogP contribution in [0, 0.1) is 12.8 Å². The second kappa shape index (κ2) is 7.09. The van der Waals surface area contributed by atoms with Crippen LogP contribution in [0.2, 0.25) is 0 Å². The Morgan fingerprint density at radius 3 is 2.52 bits per heavy atom. The molecule has 2 aliphatic carbocycles. The van der Waals surface area contributed by atoms with Crippen LogP contribution >= 0.6 is 0 Å². The molecule has 1 saturated heterocycles. The Morgan fingerprint density at radius 1 is 1.17 bits per heavy atom. The van der Waals surface area contributed by atoms with Crippen molar-refractivity contribution < 1.29 is 18.0 Å². The SMILES string of the molecule is Cc1ccccc1CN1C(=O)N(C)C(=O)C2CC(S(=O)(=O)NC3(C)CC3)CCC21. The fourth-order valence-corrected chi connectivity index (χ4v) is 6.55. The van der Waals surface area contributed by atoms with Gasteiger partial charge in [0.05, 0.1) is 11.2 Å². The van der Waals surface area contributed by atoms with Crippen molar-refractivity contribution >= 4 is 22.0 Å². The molecule has 3 aliphatic rings. The lowest BCUT2D eigenvalue weighted by Gasteiger charge is -2.47. The number of benzene rings is 1. The maximum absolute atomic E-state index is 12.9. The van der Waals surface area contributed by atoms with Gasteiger partial charge in [-0.25, -0.2) is 17.9 Å². The van der Waals surface area contributed by atoms with Crippen molar-refractivity contribution in [3.05, 3.63) is 35.4 Å². The van der Waals surface area contributed by atoms with Crippen molar-refractivity contribution in [3.63, 3.8) is 0 Å². The van der Waals surface area contributed by atoms with E-state index in [9.17, 15) is 18.0 Å². The number of sulfonamides is 1. The van der Waals surface area contributed by atoms with Gasteiger partial charge in [-0.15, -0.1) is 0 Å². The Morgan fingerprint density at radius 2 is 1.86 bits per heavy atom. The zero-order valence-corrected chi connectivity index (χ0v) is 18.0. The van der Waals surface area contributed by atoms with Crippen molar-refractivity contribution in [1.82, 2.24) is 14.5 Å². The van der Waals surface area contributed by atoms with Crippen LogP contribution in [-0.2, 0) is 21.4 Å². The molecule has 1 aromatic rings. The molecule has 0 spiro atoms. The van der Waals surface area contributed by atoms with Crippen LogP contribution in [0.25, 0.3) is 0 Å². The third-order valence-corrected chi connectivity index (χ3v) is 8.86. The fourth-order valence-electron chi connectivity index (χ4n) is 4.59. The van der Waals surface area contributed by atoms with Gasteiger partial charge in [0, 0.05) is 25.2 Å². The topological polar surface area (TPSA) is 86.8 Å². The molecule has 158 valence electrons. The van der Waals surface area contributed by atoms with Crippen molar-refractivity contribution in [2.75, 3.05) is 7.05 Å². The lowest BCUT2D eigenvalue weighted by Crippen LogP contribution is -2.62. The molecule has 3 fully saturated rings. The van der Waals surface area contributed by atoms with E-state index < -0.39 is 21.2 Å². The predicted molar refractivity (Wildman–Crippen MR) is 109 cm³/mol. The number of amides is 3. The number of imide groups is 1. The molecule has 2 saturated carbocycles. The number of carbonyl (C=O) groups excluding carboxylic acids is 2. The van der Waals surface area contributed by atoms with Crippen LogP contribution in [0.5, 0.6) is 0 Å². The monoisotopic (exact) mass is 419 g/mol. The zero-order valence-electron chi connectivity index (χ0n) is 17.2. The van der Waals surface area contributed by atoms with E-state index in [4.69, 9.17) is 0 Å². The lowest BCUT2D eigenvalue weighted by atomic mass is 9.80. The quantitative estimate of drug-likeness (QED) is 0.794. The van der Waals surface area contributed by atoms with Crippen LogP contribution in [0.3, 0.4) is 0 Å². The Bertz CT molecular complexity index is 941. The minimum Gasteiger partial charge on any atom is -0.316 e. The standard InChI is InChI=1S/C21H29N3O4S/c1-14-6-4-5-7-15(14)13-24-18-9-8-16(29(27,28)22-21(2)10-11-21)12-17(18)19(25)23(3)20(24)26/h4-7,16-18,22H,8-13H2,1-3H3. The number of carbonyl (C=O) groups is 2. The molecule has 1 aliphatic heterocycles. The minimum atomic E-state index is -3.49. The van der Waals surface area contributed by atoms with Crippen molar-refractivity contribution in [1.29, 1.82) is 0 Å². The first kappa shape index (κ1) is 20.3. The van der Waals surface area contributed by atoms with Gasteiger partial charge in [0.15, 0.2) is 0 Å². The van der Waals surface area contributed by atoms with Gasteiger partial charge in [0.2, 0.25) is 15.9 Å². The Hall–Kier alpha value is -1.93. The van der Waals surface area contributed by atoms with Gasteiger partial charge in [0.25, 0.3) is 0 Å². The lowest BCUT2D eigenvalue weighted by molar-refractivity contribution is -0.139. The molecule has 3 atom stereocenters. The van der Waals surface area contributed by atoms with Gasteiger partial charge < -0.3 is 4.90 Å². The second-order valence-electron chi connectivity index (χ2n) is 9.05. The summed E-state index contributed by atoms with van der Waals surface area (Å²) in [6, 6.07) is 7.34. The molecule has 7 nitrogen and oxygen atoms in total. The van der Waals surface area contributed by atoms with Gasteiger partial charge >= 0.3 is 6.03 Å². The maximum atomic E-state index is 12.9. The molecule has 1 aromatic carbocycles. The average Bonchev–Trinajstić information content (AvgIpc) is 3.40. The first-order valence-electron chi connectivity index (χ1n) is 10.3. The van der Waals surface area contributed by atoms with Crippen molar-refractivity contribution in [3.8, 4) is 0 Å². The molecular weight excluding hydrogens is 390 g/mol. The average molecular weight is 420 g/mol. The summed E-state index contributed by atoms with van der Waals surface area (Å²) in [6.07, 6.45) is 2.94. The van der Waals surface area contributed by atoms with Crippen LogP contribution in [0.15, 0.2) is 24.3 Å². The summed E-state index contributed by atoms with van der Waals surface area (Å²) in [6.45, 7) is 4.35. The molecule has 1 N–H and O–H groups in total. The number of urea groups is 1. The van der Waals surface area contributed by atoms with E-state index in [1.807, 2.05) is 38.1 Å². The number of fused-ring (bicyclic) bond motifs is 1. The molecule has 0 radical (unpaired) electrons. The summed E-state index contributed by atoms with van der Waals surface area (Å²) >= 11 is 0. The van der Waals surface area contributed by atoms with E-state index in [2.05, 4.69) is 4.72 Å². The molecule has 8 heteroatoms. The normalized spacial score (nSPS) is 29.0. The maximum Gasteiger partial charge on any atom is 0.327 e. The summed E-state index contributed by atoms with van der Waals surface area (Å²) in [5.41, 5.74) is 1.81. The number of nitrogens with one attached hydrogen (secondary N) is 1. The molecule has 1 heterocycles. The summed E-state index contributed by atoms with van der Waals surface area (Å²) < 4.78 is 28.6. The third kappa shape index (κ3) is 3.80. The number of hydrogen-bond donors (Lipinski definition) is 1. The summed E-state index contributed by atoms with van der Waals surface area (Å²) in [7, 11) is -2.00. The second-order valence-corrected chi connectivity index (χ2v) is 11.0. The molecular formula is C21H29N3O4S. The molecule has 29 heavy (non-hydrogen) atoms. The smallest absolute Gasteiger partial charge is 0.316 e. The Labute approximate surface area is 172 Å². The molecule has 4 rings (SSSR count). The van der Waals surface area contributed by atoms with Gasteiger partial charge in [-0.05, 0) is 57.1 Å². The highest BCUT2D eigenvalue weighted by atomic mass is 32.2. The van der Waals surface area contributed by atoms with Gasteiger partial charge in [-0.3, -0.25) is 9.69 Å². The summed E-state index contributed by atoms with van der Waals surface area (Å²) in [5.74, 6) is -0.748. The Kier molecular flexibility index (Phi) is 4.98.